The lowest BCUT2D eigenvalue weighted by atomic mass is 10.2. The monoisotopic (exact) mass is 269 g/mol. The number of nitrogens with one attached hydrogen (secondary N) is 1. The first-order valence-corrected chi connectivity index (χ1v) is 5.94. The Labute approximate surface area is 116 Å². The Hall–Kier alpha value is -2.80. The fourth-order valence-corrected chi connectivity index (χ4v) is 1.55. The molecule has 3 nitrogen and oxygen atoms in total. The topological polar surface area (TPSA) is 38.3 Å². The molecule has 0 unspecified atom stereocenters. The van der Waals surface area contributed by atoms with Crippen molar-refractivity contribution in [3.8, 4) is 23.8 Å². The van der Waals surface area contributed by atoms with Crippen LogP contribution in [0.1, 0.15) is 10.4 Å². The van der Waals surface area contributed by atoms with Gasteiger partial charge in [0.15, 0.2) is 0 Å². The summed E-state index contributed by atoms with van der Waals surface area (Å²) in [4.78, 5) is 11.6. The Balaban J connectivity index is 2.03. The lowest BCUT2D eigenvalue weighted by molar-refractivity contribution is 0.0958. The summed E-state index contributed by atoms with van der Waals surface area (Å²) in [7, 11) is 0. The zero-order valence-corrected chi connectivity index (χ0v) is 10.6. The number of terminal acetylenes is 1. The minimum Gasteiger partial charge on any atom is -0.457 e. The van der Waals surface area contributed by atoms with E-state index in [1.54, 1.807) is 24.3 Å². The summed E-state index contributed by atoms with van der Waals surface area (Å²) < 4.78 is 18.3. The zero-order valence-electron chi connectivity index (χ0n) is 10.6. The number of benzene rings is 2. The average Bonchev–Trinajstić information content (AvgIpc) is 2.48. The Morgan fingerprint density at radius 2 is 1.65 bits per heavy atom. The van der Waals surface area contributed by atoms with E-state index in [9.17, 15) is 9.18 Å². The highest BCUT2D eigenvalue weighted by atomic mass is 19.1. The quantitative estimate of drug-likeness (QED) is 0.866. The van der Waals surface area contributed by atoms with E-state index < -0.39 is 0 Å². The molecule has 100 valence electrons. The Bertz CT molecular complexity index is 627. The second-order valence-corrected chi connectivity index (χ2v) is 3.97. The predicted molar refractivity (Wildman–Crippen MR) is 74.1 cm³/mol. The van der Waals surface area contributed by atoms with Crippen molar-refractivity contribution in [2.45, 2.75) is 0 Å². The third kappa shape index (κ3) is 3.59. The average molecular weight is 269 g/mol. The molecule has 2 aromatic rings. The van der Waals surface area contributed by atoms with Gasteiger partial charge in [0, 0.05) is 5.56 Å². The summed E-state index contributed by atoms with van der Waals surface area (Å²) in [6, 6.07) is 12.3. The highest BCUT2D eigenvalue weighted by molar-refractivity contribution is 5.94. The van der Waals surface area contributed by atoms with Crippen molar-refractivity contribution >= 4 is 5.91 Å². The number of halogens is 1. The van der Waals surface area contributed by atoms with Crippen LogP contribution in [0.3, 0.4) is 0 Å². The maximum absolute atomic E-state index is 12.8. The molecule has 0 fully saturated rings. The van der Waals surface area contributed by atoms with Crippen molar-refractivity contribution in [1.29, 1.82) is 0 Å². The van der Waals surface area contributed by atoms with Crippen molar-refractivity contribution in [2.24, 2.45) is 0 Å². The largest absolute Gasteiger partial charge is 0.457 e. The van der Waals surface area contributed by atoms with Crippen molar-refractivity contribution in [3.05, 3.63) is 59.9 Å². The predicted octanol–water partition coefficient (Wildman–Crippen LogP) is 2.98. The van der Waals surface area contributed by atoms with Crippen LogP contribution in [0.4, 0.5) is 4.39 Å². The molecule has 0 aliphatic rings. The second-order valence-electron chi connectivity index (χ2n) is 3.97. The number of carbonyl (C=O) groups is 1. The van der Waals surface area contributed by atoms with Gasteiger partial charge >= 0.3 is 0 Å². The lowest BCUT2D eigenvalue weighted by Crippen LogP contribution is -2.23. The third-order valence-electron chi connectivity index (χ3n) is 2.52. The van der Waals surface area contributed by atoms with Crippen LogP contribution in [0, 0.1) is 18.2 Å². The number of rotatable bonds is 4. The molecule has 0 saturated carbocycles. The van der Waals surface area contributed by atoms with Gasteiger partial charge in [0.05, 0.1) is 6.54 Å². The van der Waals surface area contributed by atoms with Gasteiger partial charge in [-0.2, -0.15) is 0 Å². The van der Waals surface area contributed by atoms with E-state index in [2.05, 4.69) is 11.2 Å². The maximum Gasteiger partial charge on any atom is 0.252 e. The number of carbonyl (C=O) groups excluding carboxylic acids is 1. The van der Waals surface area contributed by atoms with Crippen molar-refractivity contribution in [3.63, 3.8) is 0 Å². The van der Waals surface area contributed by atoms with Crippen LogP contribution in [0.15, 0.2) is 48.5 Å². The molecule has 0 saturated heterocycles. The van der Waals surface area contributed by atoms with E-state index in [1.165, 1.54) is 24.3 Å². The van der Waals surface area contributed by atoms with Gasteiger partial charge in [-0.05, 0) is 48.5 Å². The zero-order chi connectivity index (χ0) is 14.4. The fourth-order valence-electron chi connectivity index (χ4n) is 1.55. The molecule has 2 aromatic carbocycles. The van der Waals surface area contributed by atoms with E-state index in [-0.39, 0.29) is 18.3 Å². The molecule has 1 N–H and O–H groups in total. The van der Waals surface area contributed by atoms with Gasteiger partial charge in [-0.3, -0.25) is 4.79 Å². The second kappa shape index (κ2) is 6.39. The highest BCUT2D eigenvalue weighted by Crippen LogP contribution is 2.21. The standard InChI is InChI=1S/C16H12FNO2/c1-2-11-18-16(19)12-3-7-14(8-4-12)20-15-9-5-13(17)6-10-15/h1,3-10H,11H2,(H,18,19). The summed E-state index contributed by atoms with van der Waals surface area (Å²) in [5, 5.41) is 2.57. The molecule has 0 heterocycles. The smallest absolute Gasteiger partial charge is 0.252 e. The van der Waals surface area contributed by atoms with Crippen LogP contribution >= 0.6 is 0 Å². The number of amides is 1. The molecule has 2 rings (SSSR count). The summed E-state index contributed by atoms with van der Waals surface area (Å²) in [6.45, 7) is 0.187. The van der Waals surface area contributed by atoms with Gasteiger partial charge < -0.3 is 10.1 Å². The van der Waals surface area contributed by atoms with Crippen molar-refractivity contribution in [1.82, 2.24) is 5.32 Å². The first-order valence-electron chi connectivity index (χ1n) is 5.94. The summed E-state index contributed by atoms with van der Waals surface area (Å²) >= 11 is 0. The minimum absolute atomic E-state index is 0.187. The molecule has 0 aromatic heterocycles. The van der Waals surface area contributed by atoms with Gasteiger partial charge in [-0.25, -0.2) is 4.39 Å². The van der Waals surface area contributed by atoms with Gasteiger partial charge in [0.25, 0.3) is 5.91 Å². The Morgan fingerprint density at radius 3 is 2.20 bits per heavy atom. The number of hydrogen-bond donors (Lipinski definition) is 1. The van der Waals surface area contributed by atoms with Crippen LogP contribution in [-0.2, 0) is 0 Å². The van der Waals surface area contributed by atoms with Crippen LogP contribution in [0.2, 0.25) is 0 Å². The first-order chi connectivity index (χ1) is 9.69. The van der Waals surface area contributed by atoms with E-state index in [4.69, 9.17) is 11.2 Å². The van der Waals surface area contributed by atoms with Crippen molar-refractivity contribution < 1.29 is 13.9 Å². The SMILES string of the molecule is C#CCNC(=O)c1ccc(Oc2ccc(F)cc2)cc1. The summed E-state index contributed by atoms with van der Waals surface area (Å²) in [6.07, 6.45) is 5.06. The normalized spacial score (nSPS) is 9.60. The molecule has 0 atom stereocenters. The Morgan fingerprint density at radius 1 is 1.10 bits per heavy atom. The van der Waals surface area contributed by atoms with Gasteiger partial charge in [0.2, 0.25) is 0 Å². The molecule has 4 heteroatoms. The highest BCUT2D eigenvalue weighted by Gasteiger charge is 2.04. The van der Waals surface area contributed by atoms with Gasteiger partial charge in [-0.15, -0.1) is 6.42 Å². The van der Waals surface area contributed by atoms with Crippen LogP contribution in [0.5, 0.6) is 11.5 Å². The maximum atomic E-state index is 12.8. The molecular weight excluding hydrogens is 257 g/mol. The molecule has 0 bridgehead atoms. The fraction of sp³-hybridized carbons (Fsp3) is 0.0625. The van der Waals surface area contributed by atoms with Crippen LogP contribution < -0.4 is 10.1 Å². The van der Waals surface area contributed by atoms with Crippen molar-refractivity contribution in [2.75, 3.05) is 6.54 Å². The molecule has 0 aliphatic heterocycles. The van der Waals surface area contributed by atoms with E-state index in [0.29, 0.717) is 17.1 Å². The number of hydrogen-bond acceptors (Lipinski definition) is 2. The minimum atomic E-state index is -0.321. The summed E-state index contributed by atoms with van der Waals surface area (Å²) in [5.74, 6) is 2.85. The summed E-state index contributed by atoms with van der Waals surface area (Å²) in [5.41, 5.74) is 0.492. The van der Waals surface area contributed by atoms with Gasteiger partial charge in [0.1, 0.15) is 17.3 Å². The molecule has 0 aliphatic carbocycles. The molecule has 20 heavy (non-hydrogen) atoms. The van der Waals surface area contributed by atoms with Crippen LogP contribution in [-0.4, -0.2) is 12.5 Å². The molecular formula is C16H12FNO2. The molecule has 0 radical (unpaired) electrons. The molecule has 0 spiro atoms. The first kappa shape index (κ1) is 13.6. The Kier molecular flexibility index (Phi) is 4.35. The van der Waals surface area contributed by atoms with E-state index in [0.717, 1.165) is 0 Å². The third-order valence-corrected chi connectivity index (χ3v) is 2.52. The van der Waals surface area contributed by atoms with E-state index in [1.807, 2.05) is 0 Å². The van der Waals surface area contributed by atoms with Gasteiger partial charge in [-0.1, -0.05) is 5.92 Å². The molecule has 1 amide bonds. The van der Waals surface area contributed by atoms with E-state index >= 15 is 0 Å². The lowest BCUT2D eigenvalue weighted by Gasteiger charge is -2.06. The number of ether oxygens (including phenoxy) is 1. The van der Waals surface area contributed by atoms with Crippen LogP contribution in [0.25, 0.3) is 0 Å².